The van der Waals surface area contributed by atoms with Gasteiger partial charge in [-0.1, -0.05) is 77.4 Å². The summed E-state index contributed by atoms with van der Waals surface area (Å²) in [4.78, 5) is 15.3. The average molecular weight is 498 g/mol. The number of nitrogens with zero attached hydrogens (tertiary/aromatic N) is 1. The quantitative estimate of drug-likeness (QED) is 0.0907. The highest BCUT2D eigenvalue weighted by molar-refractivity contribution is 7.80. The molecule has 0 amide bonds. The van der Waals surface area contributed by atoms with Gasteiger partial charge in [-0.2, -0.15) is 13.5 Å². The van der Waals surface area contributed by atoms with Crippen LogP contribution in [0.1, 0.15) is 111 Å². The number of hydrogen-bond donors (Lipinski definition) is 2. The molecule has 0 saturated carbocycles. The number of hydroxylamine groups is 2. The molecule has 0 atom stereocenters. The molecule has 0 bridgehead atoms. The largest absolute Gasteiger partial charge is 0.481 e. The van der Waals surface area contributed by atoms with E-state index in [1.54, 1.807) is 5.06 Å². The van der Waals surface area contributed by atoms with Gasteiger partial charge < -0.3 is 5.11 Å². The van der Waals surface area contributed by atoms with E-state index in [4.69, 9.17) is 14.5 Å². The maximum atomic E-state index is 10.3. The Hall–Kier alpha value is -1.00. The summed E-state index contributed by atoms with van der Waals surface area (Å²) >= 11 is 0. The summed E-state index contributed by atoms with van der Waals surface area (Å²) in [5, 5.41) is 10.3. The van der Waals surface area contributed by atoms with Gasteiger partial charge in [0.1, 0.15) is 0 Å². The zero-order valence-electron chi connectivity index (χ0n) is 21.8. The number of rotatable bonds is 19. The van der Waals surface area contributed by atoms with Crippen LogP contribution in [0.25, 0.3) is 0 Å². The van der Waals surface area contributed by atoms with Crippen LogP contribution in [0.2, 0.25) is 0 Å². The highest BCUT2D eigenvalue weighted by Gasteiger charge is 1.96. The molecule has 0 unspecified atom stereocenters. The lowest BCUT2D eigenvalue weighted by Gasteiger charge is -2.10. The molecule has 0 aromatic heterocycles. The molecule has 0 aliphatic carbocycles. The number of hydrogen-bond acceptors (Lipinski definition) is 6. The lowest BCUT2D eigenvalue weighted by molar-refractivity contribution is -0.137. The topological polar surface area (TPSA) is 113 Å². The Balaban J connectivity index is -0.000000563. The molecule has 8 nitrogen and oxygen atoms in total. The zero-order valence-corrected chi connectivity index (χ0v) is 22.6. The highest BCUT2D eigenvalue weighted by Crippen LogP contribution is 2.09. The van der Waals surface area contributed by atoms with E-state index in [2.05, 4.69) is 30.2 Å². The first-order valence-electron chi connectivity index (χ1n) is 12.4. The molecule has 0 aliphatic heterocycles. The van der Waals surface area contributed by atoms with Crippen molar-refractivity contribution < 1.29 is 31.9 Å². The van der Waals surface area contributed by atoms with Crippen LogP contribution in [0.4, 0.5) is 0 Å². The van der Waals surface area contributed by atoms with Crippen LogP contribution < -0.4 is 0 Å². The van der Waals surface area contributed by atoms with Gasteiger partial charge in [0, 0.05) is 20.0 Å². The molecule has 0 spiro atoms. The third-order valence-electron chi connectivity index (χ3n) is 4.66. The van der Waals surface area contributed by atoms with Crippen LogP contribution in [-0.2, 0) is 24.2 Å². The molecule has 0 saturated heterocycles. The molecule has 0 aromatic rings. The number of allylic oxidation sites excluding steroid dienone is 2. The fourth-order valence-electron chi connectivity index (χ4n) is 2.66. The minimum Gasteiger partial charge on any atom is -0.481 e. The second-order valence-corrected chi connectivity index (χ2v) is 8.87. The van der Waals surface area contributed by atoms with Gasteiger partial charge in [0.15, 0.2) is 0 Å². The van der Waals surface area contributed by atoms with E-state index in [0.29, 0.717) is 6.42 Å². The Bertz CT molecular complexity index is 525. The molecule has 0 rings (SSSR count). The summed E-state index contributed by atoms with van der Waals surface area (Å²) in [5.41, 5.74) is 0. The van der Waals surface area contributed by atoms with Crippen molar-refractivity contribution in [2.45, 2.75) is 111 Å². The molecule has 0 heterocycles. The van der Waals surface area contributed by atoms with Crippen molar-refractivity contribution in [1.82, 2.24) is 5.06 Å². The summed E-state index contributed by atoms with van der Waals surface area (Å²) in [5.74, 6) is -0.664. The first-order chi connectivity index (χ1) is 15.6. The Morgan fingerprint density at radius 1 is 0.848 bits per heavy atom. The van der Waals surface area contributed by atoms with Crippen LogP contribution in [0, 0.1) is 0 Å². The van der Waals surface area contributed by atoms with Crippen LogP contribution in [0.5, 0.6) is 0 Å². The SMILES string of the molecule is CCCCCCCC/C=C\CCCCCCCC(=O)O.CCON(C)CC.COS(=O)(=O)O. The Morgan fingerprint density at radius 3 is 1.61 bits per heavy atom. The molecular formula is C24H51NO7S. The van der Waals surface area contributed by atoms with E-state index in [-0.39, 0.29) is 0 Å². The van der Waals surface area contributed by atoms with Crippen LogP contribution in [0.3, 0.4) is 0 Å². The Morgan fingerprint density at radius 2 is 1.27 bits per heavy atom. The fourth-order valence-corrected chi connectivity index (χ4v) is 2.66. The van der Waals surface area contributed by atoms with Gasteiger partial charge in [-0.15, -0.1) is 0 Å². The lowest BCUT2D eigenvalue weighted by atomic mass is 10.1. The third kappa shape index (κ3) is 45.3. The van der Waals surface area contributed by atoms with Crippen molar-refractivity contribution in [3.05, 3.63) is 12.2 Å². The maximum absolute atomic E-state index is 10.3. The monoisotopic (exact) mass is 497 g/mol. The third-order valence-corrected chi connectivity index (χ3v) is 5.08. The van der Waals surface area contributed by atoms with Crippen LogP contribution >= 0.6 is 0 Å². The molecule has 0 radical (unpaired) electrons. The van der Waals surface area contributed by atoms with E-state index in [0.717, 1.165) is 33.1 Å². The van der Waals surface area contributed by atoms with Gasteiger partial charge in [0.05, 0.1) is 13.7 Å². The van der Waals surface area contributed by atoms with Crippen molar-refractivity contribution in [3.8, 4) is 0 Å². The fraction of sp³-hybridized carbons (Fsp3) is 0.875. The predicted octanol–water partition coefficient (Wildman–Crippen LogP) is 6.43. The number of carboxylic acid groups (broad SMARTS) is 1. The van der Waals surface area contributed by atoms with E-state index >= 15 is 0 Å². The molecule has 33 heavy (non-hydrogen) atoms. The minimum absolute atomic E-state index is 0.332. The van der Waals surface area contributed by atoms with Crippen molar-refractivity contribution in [2.24, 2.45) is 0 Å². The Kier molecular flexibility index (Phi) is 32.2. The summed E-state index contributed by atoms with van der Waals surface area (Å²) in [7, 11) is -1.37. The second-order valence-electron chi connectivity index (χ2n) is 7.68. The van der Waals surface area contributed by atoms with Gasteiger partial charge in [0.2, 0.25) is 0 Å². The van der Waals surface area contributed by atoms with Crippen molar-refractivity contribution >= 4 is 16.4 Å². The van der Waals surface area contributed by atoms with Gasteiger partial charge >= 0.3 is 16.4 Å². The normalized spacial score (nSPS) is 11.1. The smallest absolute Gasteiger partial charge is 0.397 e. The summed E-state index contributed by atoms with van der Waals surface area (Å²) in [6, 6.07) is 0. The molecule has 2 N–H and O–H groups in total. The van der Waals surface area contributed by atoms with Crippen molar-refractivity contribution in [3.63, 3.8) is 0 Å². The maximum Gasteiger partial charge on any atom is 0.397 e. The minimum atomic E-state index is -4.16. The molecule has 9 heteroatoms. The van der Waals surface area contributed by atoms with E-state index < -0.39 is 16.4 Å². The molecule has 0 aromatic carbocycles. The van der Waals surface area contributed by atoms with Crippen molar-refractivity contribution in [2.75, 3.05) is 27.3 Å². The van der Waals surface area contributed by atoms with Gasteiger partial charge in [0.25, 0.3) is 0 Å². The standard InChI is InChI=1S/C18H34O2.C5H13NO.CH4O4S/c1-2-3-4-5-6-7-8-9-10-11-12-13-14-15-16-17-18(19)20;1-4-6(3)7-5-2;1-5-6(2,3)4/h9-10H,2-8,11-17H2,1H3,(H,19,20);4-5H2,1-3H3;1H3,(H,2,3,4)/b10-9-;;. The van der Waals surface area contributed by atoms with Crippen molar-refractivity contribution in [1.29, 1.82) is 0 Å². The molecule has 200 valence electrons. The summed E-state index contributed by atoms with van der Waals surface area (Å²) in [6.45, 7) is 8.01. The van der Waals surface area contributed by atoms with Crippen LogP contribution in [0.15, 0.2) is 12.2 Å². The number of aliphatic carboxylic acids is 1. The van der Waals surface area contributed by atoms with Gasteiger partial charge in [-0.3, -0.25) is 18.4 Å². The first kappa shape index (κ1) is 36.6. The zero-order chi connectivity index (χ0) is 25.8. The van der Waals surface area contributed by atoms with E-state index in [1.165, 1.54) is 70.6 Å². The number of unbranched alkanes of at least 4 members (excludes halogenated alkanes) is 11. The Labute approximate surface area is 203 Å². The predicted molar refractivity (Wildman–Crippen MR) is 136 cm³/mol. The second kappa shape index (κ2) is 29.0. The number of carboxylic acids is 1. The van der Waals surface area contributed by atoms with Gasteiger partial charge in [-0.25, -0.2) is 0 Å². The average Bonchev–Trinajstić information content (AvgIpc) is 2.76. The van der Waals surface area contributed by atoms with E-state index in [9.17, 15) is 13.2 Å². The highest BCUT2D eigenvalue weighted by atomic mass is 32.3. The summed E-state index contributed by atoms with van der Waals surface area (Å²) < 4.78 is 29.7. The molecule has 0 fully saturated rings. The summed E-state index contributed by atoms with van der Waals surface area (Å²) in [6.07, 6.45) is 21.2. The number of carbonyl (C=O) groups is 1. The molecular weight excluding hydrogens is 446 g/mol. The van der Waals surface area contributed by atoms with E-state index in [1.807, 2.05) is 14.0 Å². The first-order valence-corrected chi connectivity index (χ1v) is 13.7. The molecule has 0 aliphatic rings. The van der Waals surface area contributed by atoms with Crippen LogP contribution in [-0.4, -0.2) is 56.4 Å². The lowest BCUT2D eigenvalue weighted by Crippen LogP contribution is -2.17. The van der Waals surface area contributed by atoms with Gasteiger partial charge in [-0.05, 0) is 39.0 Å².